The van der Waals surface area contributed by atoms with E-state index in [9.17, 15) is 4.79 Å². The standard InChI is InChI=1S/C12H14ClN5O2/c13-8-1-7(3-15-4-8)11(18-14)6-16-9-2-10(12(19)20)17-5-9/h1,3-4,6,9-10,14,16-17H,2,5H2,(H,19,20)/b11-6-,18-14?/t9-,10-/m0/s1. The average Bonchev–Trinajstić information content (AvgIpc) is 2.88. The van der Waals surface area contributed by atoms with Crippen LogP contribution in [0.5, 0.6) is 0 Å². The van der Waals surface area contributed by atoms with E-state index >= 15 is 0 Å². The van der Waals surface area contributed by atoms with Crippen LogP contribution in [0.4, 0.5) is 0 Å². The van der Waals surface area contributed by atoms with Crippen LogP contribution in [-0.4, -0.2) is 34.7 Å². The lowest BCUT2D eigenvalue weighted by atomic mass is 10.1. The molecule has 1 aromatic rings. The zero-order chi connectivity index (χ0) is 14.5. The fourth-order valence-corrected chi connectivity index (χ4v) is 2.15. The van der Waals surface area contributed by atoms with Crippen molar-refractivity contribution in [3.05, 3.63) is 35.2 Å². The number of carbonyl (C=O) groups is 1. The van der Waals surface area contributed by atoms with Crippen LogP contribution in [0.3, 0.4) is 0 Å². The van der Waals surface area contributed by atoms with Crippen molar-refractivity contribution >= 4 is 23.3 Å². The smallest absolute Gasteiger partial charge is 0.320 e. The summed E-state index contributed by atoms with van der Waals surface area (Å²) in [5, 5.41) is 18.7. The average molecular weight is 296 g/mol. The molecule has 1 aromatic heterocycles. The summed E-state index contributed by atoms with van der Waals surface area (Å²) in [5.41, 5.74) is 8.20. The van der Waals surface area contributed by atoms with Crippen molar-refractivity contribution < 1.29 is 9.90 Å². The lowest BCUT2D eigenvalue weighted by molar-refractivity contribution is -0.139. The maximum atomic E-state index is 10.8. The van der Waals surface area contributed by atoms with E-state index in [0.29, 0.717) is 29.2 Å². The molecule has 2 atom stereocenters. The molecule has 2 heterocycles. The molecule has 0 spiro atoms. The van der Waals surface area contributed by atoms with Crippen LogP contribution < -0.4 is 10.6 Å². The molecule has 8 heteroatoms. The van der Waals surface area contributed by atoms with Gasteiger partial charge in [-0.15, -0.1) is 0 Å². The third kappa shape index (κ3) is 3.52. The second kappa shape index (κ2) is 6.44. The van der Waals surface area contributed by atoms with Gasteiger partial charge in [0.05, 0.1) is 5.02 Å². The Balaban J connectivity index is 2.02. The molecule has 0 unspecified atom stereocenters. The molecule has 0 saturated carbocycles. The molecule has 106 valence electrons. The molecule has 20 heavy (non-hydrogen) atoms. The number of carboxylic acid groups (broad SMARTS) is 1. The highest BCUT2D eigenvalue weighted by atomic mass is 35.5. The first-order valence-corrected chi connectivity index (χ1v) is 6.38. The first-order valence-electron chi connectivity index (χ1n) is 6.01. The second-order valence-corrected chi connectivity index (χ2v) is 4.87. The van der Waals surface area contributed by atoms with Crippen LogP contribution in [0.15, 0.2) is 29.8 Å². The third-order valence-electron chi connectivity index (χ3n) is 3.01. The lowest BCUT2D eigenvalue weighted by Gasteiger charge is -2.09. The summed E-state index contributed by atoms with van der Waals surface area (Å²) in [6.45, 7) is 0.548. The van der Waals surface area contributed by atoms with E-state index in [2.05, 4.69) is 20.7 Å². The molecule has 1 fully saturated rings. The second-order valence-electron chi connectivity index (χ2n) is 4.43. The molecule has 4 N–H and O–H groups in total. The Labute approximate surface area is 120 Å². The quantitative estimate of drug-likeness (QED) is 0.615. The summed E-state index contributed by atoms with van der Waals surface area (Å²) < 4.78 is 0. The van der Waals surface area contributed by atoms with Crippen molar-refractivity contribution in [1.29, 1.82) is 5.53 Å². The van der Waals surface area contributed by atoms with Crippen LogP contribution >= 0.6 is 11.6 Å². The van der Waals surface area contributed by atoms with E-state index < -0.39 is 12.0 Å². The molecule has 1 aliphatic rings. The highest BCUT2D eigenvalue weighted by Gasteiger charge is 2.28. The van der Waals surface area contributed by atoms with Gasteiger partial charge in [-0.25, -0.2) is 5.53 Å². The van der Waals surface area contributed by atoms with Gasteiger partial charge in [-0.3, -0.25) is 9.78 Å². The molecule has 7 nitrogen and oxygen atoms in total. The van der Waals surface area contributed by atoms with Crippen LogP contribution in [0.1, 0.15) is 12.0 Å². The number of pyridine rings is 1. The van der Waals surface area contributed by atoms with Gasteiger partial charge >= 0.3 is 5.97 Å². The van der Waals surface area contributed by atoms with E-state index in [1.165, 1.54) is 6.20 Å². The number of carboxylic acids is 1. The largest absolute Gasteiger partial charge is 0.480 e. The minimum absolute atomic E-state index is 0.0139. The van der Waals surface area contributed by atoms with E-state index in [1.807, 2.05) is 0 Å². The molecule has 1 saturated heterocycles. The molecule has 0 amide bonds. The Kier molecular flexibility index (Phi) is 4.65. The van der Waals surface area contributed by atoms with E-state index in [0.717, 1.165) is 0 Å². The first-order chi connectivity index (χ1) is 9.60. The summed E-state index contributed by atoms with van der Waals surface area (Å²) in [6.07, 6.45) is 5.12. The van der Waals surface area contributed by atoms with Gasteiger partial charge in [-0.2, -0.15) is 5.11 Å². The van der Waals surface area contributed by atoms with Gasteiger partial charge < -0.3 is 15.7 Å². The Morgan fingerprint density at radius 2 is 2.45 bits per heavy atom. The maximum absolute atomic E-state index is 10.8. The first kappa shape index (κ1) is 14.4. The van der Waals surface area contributed by atoms with Crippen molar-refractivity contribution in [2.45, 2.75) is 18.5 Å². The molecule has 0 aliphatic carbocycles. The molecule has 0 bridgehead atoms. The predicted octanol–water partition coefficient (Wildman–Crippen LogP) is 1.47. The van der Waals surface area contributed by atoms with Gasteiger partial charge in [-0.1, -0.05) is 11.6 Å². The zero-order valence-electron chi connectivity index (χ0n) is 10.5. The Hall–Kier alpha value is -1.99. The van der Waals surface area contributed by atoms with E-state index in [1.54, 1.807) is 18.5 Å². The SMILES string of the molecule is N=N/C(=C\N[C@@H]1CN[C@H](C(=O)O)C1)c1cncc(Cl)c1. The zero-order valence-corrected chi connectivity index (χ0v) is 11.3. The maximum Gasteiger partial charge on any atom is 0.320 e. The van der Waals surface area contributed by atoms with Gasteiger partial charge in [0.1, 0.15) is 11.7 Å². The number of hydrogen-bond donors (Lipinski definition) is 4. The number of rotatable bonds is 5. The van der Waals surface area contributed by atoms with Crippen molar-refractivity contribution in [2.24, 2.45) is 5.11 Å². The summed E-state index contributed by atoms with van der Waals surface area (Å²) in [5.74, 6) is -0.859. The highest BCUT2D eigenvalue weighted by Crippen LogP contribution is 2.18. The molecular formula is C12H14ClN5O2. The minimum atomic E-state index is -0.859. The van der Waals surface area contributed by atoms with Crippen LogP contribution in [0.2, 0.25) is 5.02 Å². The Morgan fingerprint density at radius 3 is 3.05 bits per heavy atom. The fourth-order valence-electron chi connectivity index (χ4n) is 1.98. The highest BCUT2D eigenvalue weighted by molar-refractivity contribution is 6.30. The van der Waals surface area contributed by atoms with Crippen LogP contribution in [-0.2, 0) is 4.79 Å². The molecule has 0 radical (unpaired) electrons. The van der Waals surface area contributed by atoms with Gasteiger partial charge in [0, 0.05) is 36.7 Å². The van der Waals surface area contributed by atoms with Gasteiger partial charge in [0.2, 0.25) is 0 Å². The topological polar surface area (TPSA) is 110 Å². The third-order valence-corrected chi connectivity index (χ3v) is 3.21. The molecular weight excluding hydrogens is 282 g/mol. The normalized spacial score (nSPS) is 22.6. The number of hydrogen-bond acceptors (Lipinski definition) is 6. The van der Waals surface area contributed by atoms with E-state index in [-0.39, 0.29) is 6.04 Å². The number of aromatic nitrogens is 1. The molecule has 0 aromatic carbocycles. The molecule has 1 aliphatic heterocycles. The molecule has 2 rings (SSSR count). The Bertz CT molecular complexity index is 548. The summed E-state index contributed by atoms with van der Waals surface area (Å²) in [7, 11) is 0. The van der Waals surface area contributed by atoms with Crippen LogP contribution in [0, 0.1) is 5.53 Å². The van der Waals surface area contributed by atoms with Crippen molar-refractivity contribution in [3.8, 4) is 0 Å². The van der Waals surface area contributed by atoms with Crippen molar-refractivity contribution in [3.63, 3.8) is 0 Å². The summed E-state index contributed by atoms with van der Waals surface area (Å²) in [4.78, 5) is 14.8. The van der Waals surface area contributed by atoms with E-state index in [4.69, 9.17) is 22.2 Å². The lowest BCUT2D eigenvalue weighted by Crippen LogP contribution is -2.30. The summed E-state index contributed by atoms with van der Waals surface area (Å²) >= 11 is 5.84. The number of halogens is 1. The fraction of sp³-hybridized carbons (Fsp3) is 0.333. The number of nitrogens with one attached hydrogen (secondary N) is 3. The van der Waals surface area contributed by atoms with Crippen molar-refractivity contribution in [1.82, 2.24) is 15.6 Å². The predicted molar refractivity (Wildman–Crippen MR) is 73.3 cm³/mol. The summed E-state index contributed by atoms with van der Waals surface area (Å²) in [6, 6.07) is 1.11. The van der Waals surface area contributed by atoms with Gasteiger partial charge in [0.25, 0.3) is 0 Å². The Morgan fingerprint density at radius 1 is 1.65 bits per heavy atom. The van der Waals surface area contributed by atoms with Crippen molar-refractivity contribution in [2.75, 3.05) is 6.54 Å². The number of nitrogens with zero attached hydrogens (tertiary/aromatic N) is 2. The van der Waals surface area contributed by atoms with Crippen LogP contribution in [0.25, 0.3) is 5.70 Å². The monoisotopic (exact) mass is 295 g/mol. The van der Waals surface area contributed by atoms with Gasteiger partial charge in [-0.05, 0) is 12.5 Å². The minimum Gasteiger partial charge on any atom is -0.480 e. The number of aliphatic carboxylic acids is 1. The van der Waals surface area contributed by atoms with Gasteiger partial charge in [0.15, 0.2) is 0 Å².